The number of nitrogens with zero attached hydrogens (tertiary/aromatic N) is 1. The van der Waals surface area contributed by atoms with Crippen LogP contribution in [0.2, 0.25) is 0 Å². The molecule has 0 aliphatic heterocycles. The van der Waals surface area contributed by atoms with Gasteiger partial charge in [0.15, 0.2) is 0 Å². The molecule has 94 valence electrons. The maximum atomic E-state index is 5.10. The molecule has 0 aliphatic rings. The Hall–Kier alpha value is -2.03. The molecular formula is C15H18N2O. The van der Waals surface area contributed by atoms with Crippen molar-refractivity contribution in [2.45, 2.75) is 20.4 Å². The lowest BCUT2D eigenvalue weighted by atomic mass is 10.1. The number of nitrogens with one attached hydrogen (secondary N) is 1. The summed E-state index contributed by atoms with van der Waals surface area (Å²) in [6.07, 6.45) is 0. The number of ether oxygens (including phenoxy) is 1. The first-order valence-corrected chi connectivity index (χ1v) is 6.00. The van der Waals surface area contributed by atoms with E-state index in [1.165, 1.54) is 11.1 Å². The van der Waals surface area contributed by atoms with Crippen molar-refractivity contribution in [3.63, 3.8) is 0 Å². The summed E-state index contributed by atoms with van der Waals surface area (Å²) in [5, 5.41) is 3.36. The van der Waals surface area contributed by atoms with Crippen LogP contribution in [0.3, 0.4) is 0 Å². The summed E-state index contributed by atoms with van der Waals surface area (Å²) in [6.45, 7) is 4.92. The van der Waals surface area contributed by atoms with Gasteiger partial charge in [-0.3, -0.25) is 0 Å². The van der Waals surface area contributed by atoms with Gasteiger partial charge in [-0.2, -0.15) is 0 Å². The van der Waals surface area contributed by atoms with Gasteiger partial charge < -0.3 is 10.1 Å². The Balaban J connectivity index is 2.04. The molecule has 3 nitrogen and oxygen atoms in total. The van der Waals surface area contributed by atoms with Gasteiger partial charge in [0.25, 0.3) is 0 Å². The standard InChI is InChI=1S/C15H18N2O/c1-11-7-8-13(9-12(11)2)16-10-14-5-4-6-15(17-14)18-3/h4-9,16H,10H2,1-3H3. The first-order chi connectivity index (χ1) is 8.69. The number of rotatable bonds is 4. The summed E-state index contributed by atoms with van der Waals surface area (Å²) in [6, 6.07) is 12.1. The van der Waals surface area contributed by atoms with Crippen molar-refractivity contribution in [1.29, 1.82) is 0 Å². The van der Waals surface area contributed by atoms with Gasteiger partial charge in [-0.15, -0.1) is 0 Å². The van der Waals surface area contributed by atoms with Gasteiger partial charge in [-0.25, -0.2) is 4.98 Å². The molecular weight excluding hydrogens is 224 g/mol. The molecule has 2 aromatic rings. The molecule has 0 amide bonds. The van der Waals surface area contributed by atoms with Crippen LogP contribution in [0.4, 0.5) is 5.69 Å². The highest BCUT2D eigenvalue weighted by atomic mass is 16.5. The fraction of sp³-hybridized carbons (Fsp3) is 0.267. The van der Waals surface area contributed by atoms with Gasteiger partial charge in [0.1, 0.15) is 0 Å². The minimum Gasteiger partial charge on any atom is -0.481 e. The number of hydrogen-bond acceptors (Lipinski definition) is 3. The highest BCUT2D eigenvalue weighted by molar-refractivity contribution is 5.48. The first kappa shape index (κ1) is 12.4. The predicted octanol–water partition coefficient (Wildman–Crippen LogP) is 3.32. The van der Waals surface area contributed by atoms with E-state index in [9.17, 15) is 0 Å². The molecule has 2 rings (SSSR count). The Kier molecular flexibility index (Phi) is 3.82. The molecule has 3 heteroatoms. The molecule has 1 aromatic carbocycles. The lowest BCUT2D eigenvalue weighted by Crippen LogP contribution is -2.02. The van der Waals surface area contributed by atoms with E-state index in [1.807, 2.05) is 18.2 Å². The summed E-state index contributed by atoms with van der Waals surface area (Å²) in [5.41, 5.74) is 4.67. The predicted molar refractivity (Wildman–Crippen MR) is 74.0 cm³/mol. The van der Waals surface area contributed by atoms with Gasteiger partial charge in [-0.05, 0) is 43.2 Å². The molecule has 18 heavy (non-hydrogen) atoms. The van der Waals surface area contributed by atoms with Crippen LogP contribution in [-0.4, -0.2) is 12.1 Å². The highest BCUT2D eigenvalue weighted by Crippen LogP contribution is 2.15. The van der Waals surface area contributed by atoms with E-state index in [2.05, 4.69) is 42.3 Å². The van der Waals surface area contributed by atoms with E-state index >= 15 is 0 Å². The third-order valence-electron chi connectivity index (χ3n) is 2.97. The van der Waals surface area contributed by atoms with E-state index in [1.54, 1.807) is 7.11 Å². The van der Waals surface area contributed by atoms with E-state index in [-0.39, 0.29) is 0 Å². The molecule has 1 aromatic heterocycles. The SMILES string of the molecule is COc1cccc(CNc2ccc(C)c(C)c2)n1. The summed E-state index contributed by atoms with van der Waals surface area (Å²) in [4.78, 5) is 4.36. The molecule has 0 atom stereocenters. The monoisotopic (exact) mass is 242 g/mol. The van der Waals surface area contributed by atoms with E-state index < -0.39 is 0 Å². The molecule has 0 saturated heterocycles. The zero-order valence-corrected chi connectivity index (χ0v) is 11.0. The number of hydrogen-bond donors (Lipinski definition) is 1. The molecule has 0 spiro atoms. The fourth-order valence-electron chi connectivity index (χ4n) is 1.71. The van der Waals surface area contributed by atoms with Crippen LogP contribution in [0, 0.1) is 13.8 Å². The van der Waals surface area contributed by atoms with Crippen LogP contribution >= 0.6 is 0 Å². The van der Waals surface area contributed by atoms with Crippen LogP contribution in [0.25, 0.3) is 0 Å². The van der Waals surface area contributed by atoms with Crippen LogP contribution in [0.1, 0.15) is 16.8 Å². The number of aromatic nitrogens is 1. The van der Waals surface area contributed by atoms with Gasteiger partial charge >= 0.3 is 0 Å². The quantitative estimate of drug-likeness (QED) is 0.893. The second-order valence-electron chi connectivity index (χ2n) is 4.32. The average molecular weight is 242 g/mol. The molecule has 1 N–H and O–H groups in total. The van der Waals surface area contributed by atoms with Gasteiger partial charge in [0, 0.05) is 11.8 Å². The van der Waals surface area contributed by atoms with Crippen molar-refractivity contribution in [3.05, 3.63) is 53.2 Å². The van der Waals surface area contributed by atoms with Crippen LogP contribution in [0.15, 0.2) is 36.4 Å². The Morgan fingerprint density at radius 1 is 1.11 bits per heavy atom. The third kappa shape index (κ3) is 3.00. The van der Waals surface area contributed by atoms with E-state index in [4.69, 9.17) is 4.74 Å². The molecule has 0 fully saturated rings. The van der Waals surface area contributed by atoms with Crippen molar-refractivity contribution >= 4 is 5.69 Å². The van der Waals surface area contributed by atoms with Crippen LogP contribution in [0.5, 0.6) is 5.88 Å². The number of methoxy groups -OCH3 is 1. The van der Waals surface area contributed by atoms with Crippen molar-refractivity contribution in [2.75, 3.05) is 12.4 Å². The Morgan fingerprint density at radius 2 is 1.94 bits per heavy atom. The van der Waals surface area contributed by atoms with E-state index in [0.717, 1.165) is 11.4 Å². The topological polar surface area (TPSA) is 34.1 Å². The number of benzene rings is 1. The Bertz CT molecular complexity index is 538. The summed E-state index contributed by atoms with van der Waals surface area (Å²) >= 11 is 0. The maximum absolute atomic E-state index is 5.10. The second-order valence-corrected chi connectivity index (χ2v) is 4.32. The first-order valence-electron chi connectivity index (χ1n) is 6.00. The molecule has 0 saturated carbocycles. The highest BCUT2D eigenvalue weighted by Gasteiger charge is 1.99. The van der Waals surface area contributed by atoms with Gasteiger partial charge in [0.2, 0.25) is 5.88 Å². The molecule has 1 heterocycles. The number of aryl methyl sites for hydroxylation is 2. The molecule has 0 aliphatic carbocycles. The third-order valence-corrected chi connectivity index (χ3v) is 2.97. The minimum absolute atomic E-state index is 0.648. The lowest BCUT2D eigenvalue weighted by Gasteiger charge is -2.09. The Labute approximate surface area is 108 Å². The molecule has 0 bridgehead atoms. The van der Waals surface area contributed by atoms with Crippen molar-refractivity contribution < 1.29 is 4.74 Å². The zero-order chi connectivity index (χ0) is 13.0. The zero-order valence-electron chi connectivity index (χ0n) is 11.0. The fourth-order valence-corrected chi connectivity index (χ4v) is 1.71. The van der Waals surface area contributed by atoms with Crippen molar-refractivity contribution in [1.82, 2.24) is 4.98 Å². The lowest BCUT2D eigenvalue weighted by molar-refractivity contribution is 0.396. The van der Waals surface area contributed by atoms with Gasteiger partial charge in [-0.1, -0.05) is 12.1 Å². The summed E-state index contributed by atoms with van der Waals surface area (Å²) < 4.78 is 5.10. The average Bonchev–Trinajstić information content (AvgIpc) is 2.40. The molecule has 0 radical (unpaired) electrons. The molecule has 0 unspecified atom stereocenters. The van der Waals surface area contributed by atoms with Crippen molar-refractivity contribution in [3.8, 4) is 5.88 Å². The van der Waals surface area contributed by atoms with Crippen LogP contribution in [-0.2, 0) is 6.54 Å². The minimum atomic E-state index is 0.648. The smallest absolute Gasteiger partial charge is 0.213 e. The number of anilines is 1. The maximum Gasteiger partial charge on any atom is 0.213 e. The summed E-state index contributed by atoms with van der Waals surface area (Å²) in [7, 11) is 1.63. The largest absolute Gasteiger partial charge is 0.481 e. The number of pyridine rings is 1. The van der Waals surface area contributed by atoms with Gasteiger partial charge in [0.05, 0.1) is 19.3 Å². The summed E-state index contributed by atoms with van der Waals surface area (Å²) in [5.74, 6) is 0.648. The second kappa shape index (κ2) is 5.54. The normalized spacial score (nSPS) is 10.2. The van der Waals surface area contributed by atoms with Crippen LogP contribution < -0.4 is 10.1 Å². The van der Waals surface area contributed by atoms with Crippen molar-refractivity contribution in [2.24, 2.45) is 0 Å². The van der Waals surface area contributed by atoms with E-state index in [0.29, 0.717) is 12.4 Å². The Morgan fingerprint density at radius 3 is 2.67 bits per heavy atom.